The Hall–Kier alpha value is -0.570. The molecule has 0 aliphatic rings. The molecule has 0 saturated carbocycles. The van der Waals surface area contributed by atoms with Crippen LogP contribution in [-0.2, 0) is 9.53 Å². The Labute approximate surface area is 196 Å². The van der Waals surface area contributed by atoms with Gasteiger partial charge in [0.1, 0.15) is 0 Å². The minimum Gasteiger partial charge on any atom is -0.384 e. The molecule has 3 nitrogen and oxygen atoms in total. The second-order valence-electron chi connectivity index (χ2n) is 9.49. The zero-order valence-corrected chi connectivity index (χ0v) is 21.7. The molecule has 0 aromatic rings. The Balaban J connectivity index is 3.80. The number of unbranched alkanes of at least 4 members (excludes halogenated alkanes) is 18. The largest absolute Gasteiger partial charge is 0.384 e. The third-order valence-corrected chi connectivity index (χ3v) is 6.44. The van der Waals surface area contributed by atoms with Crippen LogP contribution in [0, 0.1) is 0 Å². The quantitative estimate of drug-likeness (QED) is 0.133. The topological polar surface area (TPSA) is 29.5 Å². The highest BCUT2D eigenvalue weighted by atomic mass is 16.5. The fraction of sp³-hybridized carbons (Fsp3) is 0.964. The summed E-state index contributed by atoms with van der Waals surface area (Å²) < 4.78 is 5.13. The van der Waals surface area contributed by atoms with Gasteiger partial charge in [0.05, 0.1) is 13.0 Å². The Morgan fingerprint density at radius 3 is 1.19 bits per heavy atom. The lowest BCUT2D eigenvalue weighted by atomic mass is 10.1. The van der Waals surface area contributed by atoms with E-state index in [1.54, 1.807) is 7.11 Å². The molecule has 0 heterocycles. The van der Waals surface area contributed by atoms with Gasteiger partial charge in [-0.2, -0.15) is 0 Å². The van der Waals surface area contributed by atoms with E-state index >= 15 is 0 Å². The summed E-state index contributed by atoms with van der Waals surface area (Å²) in [5.41, 5.74) is 0. The van der Waals surface area contributed by atoms with Crippen molar-refractivity contribution in [1.82, 2.24) is 4.90 Å². The van der Waals surface area contributed by atoms with Crippen LogP contribution in [0.2, 0.25) is 0 Å². The van der Waals surface area contributed by atoms with Crippen LogP contribution >= 0.6 is 0 Å². The number of carbonyl (C=O) groups excluding carboxylic acids is 1. The lowest BCUT2D eigenvalue weighted by molar-refractivity contribution is -0.132. The number of nitrogens with zero attached hydrogens (tertiary/aromatic N) is 1. The van der Waals surface area contributed by atoms with Crippen molar-refractivity contribution in [1.29, 1.82) is 0 Å². The molecule has 3 heteroatoms. The van der Waals surface area contributed by atoms with Gasteiger partial charge < -0.3 is 9.64 Å². The van der Waals surface area contributed by atoms with E-state index in [1.165, 1.54) is 116 Å². The number of amides is 1. The van der Waals surface area contributed by atoms with Crippen LogP contribution in [0.4, 0.5) is 0 Å². The first-order valence-corrected chi connectivity index (χ1v) is 14.0. The molecular formula is C28H57NO2. The molecule has 186 valence electrons. The van der Waals surface area contributed by atoms with Crippen molar-refractivity contribution in [2.45, 2.75) is 149 Å². The standard InChI is InChI=1S/C28H57NO2/c1-4-6-8-10-12-14-16-18-20-22-25-29(28(30)24-27-31-3)26-23-21-19-17-15-13-11-9-7-5-2/h4-27H2,1-3H3. The van der Waals surface area contributed by atoms with E-state index in [4.69, 9.17) is 4.74 Å². The monoisotopic (exact) mass is 439 g/mol. The summed E-state index contributed by atoms with van der Waals surface area (Å²) in [4.78, 5) is 14.7. The van der Waals surface area contributed by atoms with Crippen LogP contribution in [0.15, 0.2) is 0 Å². The average molecular weight is 440 g/mol. The molecule has 0 aliphatic heterocycles. The fourth-order valence-corrected chi connectivity index (χ4v) is 4.29. The van der Waals surface area contributed by atoms with Gasteiger partial charge >= 0.3 is 0 Å². The van der Waals surface area contributed by atoms with E-state index in [0.29, 0.717) is 13.0 Å². The Morgan fingerprint density at radius 2 is 0.871 bits per heavy atom. The van der Waals surface area contributed by atoms with Crippen LogP contribution in [0.5, 0.6) is 0 Å². The normalized spacial score (nSPS) is 11.2. The minimum absolute atomic E-state index is 0.286. The minimum atomic E-state index is 0.286. The highest BCUT2D eigenvalue weighted by Crippen LogP contribution is 2.13. The molecule has 1 amide bonds. The van der Waals surface area contributed by atoms with Crippen molar-refractivity contribution >= 4 is 5.91 Å². The van der Waals surface area contributed by atoms with E-state index in [0.717, 1.165) is 25.9 Å². The Bertz CT molecular complexity index is 335. The molecule has 0 radical (unpaired) electrons. The van der Waals surface area contributed by atoms with Crippen LogP contribution in [0.3, 0.4) is 0 Å². The van der Waals surface area contributed by atoms with Gasteiger partial charge in [0, 0.05) is 20.2 Å². The SMILES string of the molecule is CCCCCCCCCCCCN(CCCCCCCCCCCC)C(=O)CCOC. The molecule has 0 N–H and O–H groups in total. The predicted octanol–water partition coefficient (Wildman–Crippen LogP) is 8.69. The second-order valence-corrected chi connectivity index (χ2v) is 9.49. The van der Waals surface area contributed by atoms with Gasteiger partial charge in [-0.1, -0.05) is 129 Å². The smallest absolute Gasteiger partial charge is 0.224 e. The van der Waals surface area contributed by atoms with Crippen molar-refractivity contribution in [2.75, 3.05) is 26.8 Å². The maximum Gasteiger partial charge on any atom is 0.224 e. The van der Waals surface area contributed by atoms with Crippen LogP contribution in [0.1, 0.15) is 149 Å². The molecule has 0 fully saturated rings. The molecule has 0 aliphatic carbocycles. The van der Waals surface area contributed by atoms with Gasteiger partial charge in [0.25, 0.3) is 0 Å². The summed E-state index contributed by atoms with van der Waals surface area (Å²) in [6, 6.07) is 0. The summed E-state index contributed by atoms with van der Waals surface area (Å²) in [7, 11) is 1.68. The van der Waals surface area contributed by atoms with Gasteiger partial charge in [0.2, 0.25) is 5.91 Å². The van der Waals surface area contributed by atoms with E-state index < -0.39 is 0 Å². The zero-order chi connectivity index (χ0) is 22.8. The highest BCUT2D eigenvalue weighted by Gasteiger charge is 2.12. The maximum atomic E-state index is 12.5. The second kappa shape index (κ2) is 25.7. The average Bonchev–Trinajstić information content (AvgIpc) is 2.78. The molecule has 0 aromatic carbocycles. The molecule has 0 unspecified atom stereocenters. The van der Waals surface area contributed by atoms with Crippen molar-refractivity contribution in [2.24, 2.45) is 0 Å². The lowest BCUT2D eigenvalue weighted by Crippen LogP contribution is -2.33. The molecule has 0 aromatic heterocycles. The molecular weight excluding hydrogens is 382 g/mol. The molecule has 0 saturated heterocycles. The van der Waals surface area contributed by atoms with Crippen LogP contribution in [0.25, 0.3) is 0 Å². The number of hydrogen-bond donors (Lipinski definition) is 0. The van der Waals surface area contributed by atoms with E-state index in [9.17, 15) is 4.79 Å². The van der Waals surface area contributed by atoms with Crippen molar-refractivity contribution in [3.63, 3.8) is 0 Å². The molecule has 0 rings (SSSR count). The third-order valence-electron chi connectivity index (χ3n) is 6.44. The first kappa shape index (κ1) is 30.4. The Morgan fingerprint density at radius 1 is 0.548 bits per heavy atom. The summed E-state index contributed by atoms with van der Waals surface area (Å²) in [6.45, 7) is 6.98. The Kier molecular flexibility index (Phi) is 25.2. The molecule has 0 atom stereocenters. The summed E-state index contributed by atoms with van der Waals surface area (Å²) in [5.74, 6) is 0.286. The van der Waals surface area contributed by atoms with Crippen molar-refractivity contribution < 1.29 is 9.53 Å². The lowest BCUT2D eigenvalue weighted by Gasteiger charge is -2.23. The molecule has 0 bridgehead atoms. The first-order chi connectivity index (χ1) is 15.3. The fourth-order valence-electron chi connectivity index (χ4n) is 4.29. The van der Waals surface area contributed by atoms with Gasteiger partial charge in [-0.05, 0) is 12.8 Å². The number of carbonyl (C=O) groups is 1. The number of hydrogen-bond acceptors (Lipinski definition) is 2. The first-order valence-electron chi connectivity index (χ1n) is 14.0. The van der Waals surface area contributed by atoms with E-state index in [-0.39, 0.29) is 5.91 Å². The van der Waals surface area contributed by atoms with Crippen molar-refractivity contribution in [3.05, 3.63) is 0 Å². The molecule has 31 heavy (non-hydrogen) atoms. The maximum absolute atomic E-state index is 12.5. The zero-order valence-electron chi connectivity index (χ0n) is 21.7. The number of methoxy groups -OCH3 is 1. The van der Waals surface area contributed by atoms with Gasteiger partial charge in [-0.25, -0.2) is 0 Å². The van der Waals surface area contributed by atoms with E-state index in [1.807, 2.05) is 0 Å². The van der Waals surface area contributed by atoms with Gasteiger partial charge in [0.15, 0.2) is 0 Å². The number of ether oxygens (including phenoxy) is 1. The molecule has 0 spiro atoms. The van der Waals surface area contributed by atoms with Crippen molar-refractivity contribution in [3.8, 4) is 0 Å². The summed E-state index contributed by atoms with van der Waals surface area (Å²) in [6.07, 6.45) is 27.4. The van der Waals surface area contributed by atoms with Gasteiger partial charge in [-0.3, -0.25) is 4.79 Å². The summed E-state index contributed by atoms with van der Waals surface area (Å²) in [5, 5.41) is 0. The predicted molar refractivity (Wildman–Crippen MR) is 137 cm³/mol. The van der Waals surface area contributed by atoms with Crippen LogP contribution in [-0.4, -0.2) is 37.6 Å². The summed E-state index contributed by atoms with van der Waals surface area (Å²) >= 11 is 0. The van der Waals surface area contributed by atoms with Gasteiger partial charge in [-0.15, -0.1) is 0 Å². The number of rotatable bonds is 25. The third kappa shape index (κ3) is 22.4. The highest BCUT2D eigenvalue weighted by molar-refractivity contribution is 5.76. The van der Waals surface area contributed by atoms with E-state index in [2.05, 4.69) is 18.7 Å². The van der Waals surface area contributed by atoms with Crippen LogP contribution < -0.4 is 0 Å².